The zero-order valence-electron chi connectivity index (χ0n) is 6.33. The fourth-order valence-corrected chi connectivity index (χ4v) is 0.816. The van der Waals surface area contributed by atoms with E-state index in [4.69, 9.17) is 5.84 Å². The Morgan fingerprint density at radius 2 is 2.45 bits per heavy atom. The van der Waals surface area contributed by atoms with Gasteiger partial charge in [0.05, 0.1) is 17.8 Å². The van der Waals surface area contributed by atoms with Crippen LogP contribution in [-0.4, -0.2) is 18.5 Å². The lowest BCUT2D eigenvalue weighted by atomic mass is 10.2. The number of hydrogen-bond donors (Lipinski definition) is 1. The molecule has 2 N–H and O–H groups in total. The van der Waals surface area contributed by atoms with Crippen molar-refractivity contribution in [1.82, 2.24) is 0 Å². The maximum atomic E-state index is 5.14. The molecule has 0 atom stereocenters. The first-order chi connectivity index (χ1) is 5.38. The molecule has 3 heteroatoms. The molecule has 0 aromatic heterocycles. The van der Waals surface area contributed by atoms with E-state index in [-0.39, 0.29) is 0 Å². The average molecular weight is 147 g/mol. The third-order valence-corrected chi connectivity index (χ3v) is 1.37. The Morgan fingerprint density at radius 3 is 3.09 bits per heavy atom. The fraction of sp³-hybridized carbons (Fsp3) is 0.250. The third kappa shape index (κ3) is 1.68. The summed E-state index contributed by atoms with van der Waals surface area (Å²) in [6.07, 6.45) is 4.14. The quantitative estimate of drug-likeness (QED) is 0.300. The van der Waals surface area contributed by atoms with Gasteiger partial charge in [0.2, 0.25) is 0 Å². The van der Waals surface area contributed by atoms with Gasteiger partial charge in [-0.2, -0.15) is 5.10 Å². The van der Waals surface area contributed by atoms with Crippen LogP contribution >= 0.6 is 0 Å². The average Bonchev–Trinajstić information content (AvgIpc) is 2.27. The minimum Gasteiger partial charge on any atom is -0.323 e. The first-order valence-corrected chi connectivity index (χ1v) is 3.27. The lowest BCUT2D eigenvalue weighted by Crippen LogP contribution is -2.12. The van der Waals surface area contributed by atoms with Crippen molar-refractivity contribution in [2.24, 2.45) is 15.9 Å². The predicted octanol–water partition coefficient (Wildman–Crippen LogP) is 0.335. The summed E-state index contributed by atoms with van der Waals surface area (Å²) in [7, 11) is 1.70. The van der Waals surface area contributed by atoms with Gasteiger partial charge in [-0.25, -0.2) is 0 Å². The van der Waals surface area contributed by atoms with Crippen LogP contribution in [0, 0.1) is 11.8 Å². The van der Waals surface area contributed by atoms with Crippen LogP contribution in [0.3, 0.4) is 0 Å². The first-order valence-electron chi connectivity index (χ1n) is 3.27. The number of aliphatic imine (C=N–C) groups is 1. The highest BCUT2D eigenvalue weighted by atomic mass is 15.1. The number of hydrazone groups is 1. The van der Waals surface area contributed by atoms with Gasteiger partial charge in [0.15, 0.2) is 0 Å². The molecule has 0 fully saturated rings. The highest BCUT2D eigenvalue weighted by Gasteiger charge is 2.03. The van der Waals surface area contributed by atoms with E-state index in [9.17, 15) is 0 Å². The van der Waals surface area contributed by atoms with Gasteiger partial charge in [0, 0.05) is 7.05 Å². The van der Waals surface area contributed by atoms with Crippen molar-refractivity contribution in [3.05, 3.63) is 12.2 Å². The summed E-state index contributed by atoms with van der Waals surface area (Å²) in [4.78, 5) is 4.00. The number of nitrogens with zero attached hydrogens (tertiary/aromatic N) is 2. The van der Waals surface area contributed by atoms with Gasteiger partial charge < -0.3 is 5.84 Å². The van der Waals surface area contributed by atoms with Gasteiger partial charge in [-0.3, -0.25) is 4.99 Å². The van der Waals surface area contributed by atoms with Crippen molar-refractivity contribution in [3.8, 4) is 11.8 Å². The number of rotatable bonds is 0. The molecule has 0 heterocycles. The fourth-order valence-electron chi connectivity index (χ4n) is 0.816. The molecule has 0 aromatic carbocycles. The highest BCUT2D eigenvalue weighted by molar-refractivity contribution is 6.47. The second-order valence-corrected chi connectivity index (χ2v) is 2.02. The number of hydrogen-bond acceptors (Lipinski definition) is 3. The summed E-state index contributed by atoms with van der Waals surface area (Å²) in [6.45, 7) is 0. The lowest BCUT2D eigenvalue weighted by molar-refractivity contribution is 1.23. The van der Waals surface area contributed by atoms with Crippen molar-refractivity contribution in [3.63, 3.8) is 0 Å². The molecule has 0 amide bonds. The topological polar surface area (TPSA) is 50.7 Å². The molecule has 0 unspecified atom stereocenters. The molecule has 0 aromatic rings. The molecule has 56 valence electrons. The molecule has 1 aliphatic carbocycles. The van der Waals surface area contributed by atoms with E-state index in [1.165, 1.54) is 0 Å². The molecule has 0 aliphatic heterocycles. The van der Waals surface area contributed by atoms with Crippen LogP contribution in [0.25, 0.3) is 0 Å². The molecule has 0 saturated heterocycles. The van der Waals surface area contributed by atoms with Gasteiger partial charge in [-0.15, -0.1) is 0 Å². The summed E-state index contributed by atoms with van der Waals surface area (Å²) >= 11 is 0. The Kier molecular flexibility index (Phi) is 2.45. The normalized spacial score (nSPS) is 23.0. The third-order valence-electron chi connectivity index (χ3n) is 1.37. The van der Waals surface area contributed by atoms with Gasteiger partial charge in [0.25, 0.3) is 0 Å². The zero-order valence-corrected chi connectivity index (χ0v) is 6.33. The smallest absolute Gasteiger partial charge is 0.0971 e. The van der Waals surface area contributed by atoms with Crippen LogP contribution < -0.4 is 5.84 Å². The molecule has 1 aliphatic rings. The van der Waals surface area contributed by atoms with E-state index >= 15 is 0 Å². The summed E-state index contributed by atoms with van der Waals surface area (Å²) in [5, 5.41) is 3.59. The molecular formula is C8H9N3. The summed E-state index contributed by atoms with van der Waals surface area (Å²) in [5.41, 5.74) is 1.54. The van der Waals surface area contributed by atoms with E-state index in [1.807, 2.05) is 6.08 Å². The Bertz CT molecular complexity index is 286. The maximum Gasteiger partial charge on any atom is 0.0971 e. The van der Waals surface area contributed by atoms with Crippen LogP contribution in [0.15, 0.2) is 22.2 Å². The largest absolute Gasteiger partial charge is 0.323 e. The first kappa shape index (κ1) is 7.55. The molecule has 0 spiro atoms. The molecule has 11 heavy (non-hydrogen) atoms. The van der Waals surface area contributed by atoms with Crippen LogP contribution in [0.1, 0.15) is 6.42 Å². The minimum absolute atomic E-state index is 0.580. The van der Waals surface area contributed by atoms with Crippen molar-refractivity contribution in [1.29, 1.82) is 0 Å². The van der Waals surface area contributed by atoms with E-state index in [0.29, 0.717) is 6.42 Å². The van der Waals surface area contributed by atoms with Crippen molar-refractivity contribution >= 4 is 11.4 Å². The van der Waals surface area contributed by atoms with Crippen LogP contribution in [0.2, 0.25) is 0 Å². The van der Waals surface area contributed by atoms with Gasteiger partial charge in [-0.05, 0) is 12.2 Å². The number of allylic oxidation sites excluding steroid dienone is 2. The molecule has 0 bridgehead atoms. The van der Waals surface area contributed by atoms with E-state index in [2.05, 4.69) is 21.9 Å². The standard InChI is InChI=1S/C8H9N3/c1-10-7-5-3-2-4-6-8(7)11-9/h3,5H,6,9H2,1H3. The van der Waals surface area contributed by atoms with Gasteiger partial charge in [-0.1, -0.05) is 11.8 Å². The van der Waals surface area contributed by atoms with E-state index < -0.39 is 0 Å². The Hall–Kier alpha value is -1.56. The van der Waals surface area contributed by atoms with Crippen LogP contribution in [0.4, 0.5) is 0 Å². The SMILES string of the molecule is CN=C1C=CC#CCC1=NN. The molecular weight excluding hydrogens is 138 g/mol. The van der Waals surface area contributed by atoms with Gasteiger partial charge in [0.1, 0.15) is 0 Å². The maximum absolute atomic E-state index is 5.14. The van der Waals surface area contributed by atoms with Crippen molar-refractivity contribution in [2.45, 2.75) is 6.42 Å². The monoisotopic (exact) mass is 147 g/mol. The van der Waals surface area contributed by atoms with Crippen molar-refractivity contribution < 1.29 is 0 Å². The molecule has 0 radical (unpaired) electrons. The summed E-state index contributed by atoms with van der Waals surface area (Å²) < 4.78 is 0. The lowest BCUT2D eigenvalue weighted by Gasteiger charge is -1.97. The second-order valence-electron chi connectivity index (χ2n) is 2.02. The second kappa shape index (κ2) is 3.57. The van der Waals surface area contributed by atoms with Crippen LogP contribution in [0.5, 0.6) is 0 Å². The van der Waals surface area contributed by atoms with Crippen LogP contribution in [-0.2, 0) is 0 Å². The van der Waals surface area contributed by atoms with Gasteiger partial charge >= 0.3 is 0 Å². The molecule has 1 rings (SSSR count). The Balaban J connectivity index is 2.98. The Labute approximate surface area is 65.7 Å². The highest BCUT2D eigenvalue weighted by Crippen LogP contribution is 1.94. The van der Waals surface area contributed by atoms with Crippen molar-refractivity contribution in [2.75, 3.05) is 7.05 Å². The predicted molar refractivity (Wildman–Crippen MR) is 46.5 cm³/mol. The summed E-state index contributed by atoms with van der Waals surface area (Å²) in [5.74, 6) is 10.9. The van der Waals surface area contributed by atoms with E-state index in [1.54, 1.807) is 13.1 Å². The summed E-state index contributed by atoms with van der Waals surface area (Å²) in [6, 6.07) is 0. The number of nitrogens with two attached hydrogens (primary N) is 1. The minimum atomic E-state index is 0.580. The zero-order chi connectivity index (χ0) is 8.10. The molecule has 0 saturated carbocycles. The van der Waals surface area contributed by atoms with E-state index in [0.717, 1.165) is 11.4 Å². The molecule has 3 nitrogen and oxygen atoms in total. The Morgan fingerprint density at radius 1 is 1.64 bits per heavy atom.